The summed E-state index contributed by atoms with van der Waals surface area (Å²) in [5.41, 5.74) is 6.51. The minimum Gasteiger partial charge on any atom is -0.385 e. The van der Waals surface area contributed by atoms with E-state index in [0.717, 1.165) is 0 Å². The van der Waals surface area contributed by atoms with Crippen LogP contribution in [0.2, 0.25) is 5.02 Å². The highest BCUT2D eigenvalue weighted by Gasteiger charge is 2.10. The fraction of sp³-hybridized carbons (Fsp3) is 0.222. The van der Waals surface area contributed by atoms with E-state index in [9.17, 15) is 5.11 Å². The topological polar surface area (TPSA) is 63.5 Å². The quantitative estimate of drug-likeness (QED) is 0.779. The van der Waals surface area contributed by atoms with Crippen LogP contribution in [0.3, 0.4) is 0 Å². The van der Waals surface area contributed by atoms with Crippen LogP contribution < -0.4 is 5.73 Å². The van der Waals surface area contributed by atoms with Gasteiger partial charge in [-0.15, -0.1) is 0 Å². The minimum atomic E-state index is -0.731. The molecule has 0 fully saturated rings. The molecule has 1 atom stereocenters. The van der Waals surface area contributed by atoms with E-state index < -0.39 is 6.10 Å². The number of aromatic nitrogens is 2. The maximum Gasteiger partial charge on any atom is 0.155 e. The number of imidazole rings is 1. The van der Waals surface area contributed by atoms with E-state index in [-0.39, 0.29) is 6.54 Å². The molecule has 0 aliphatic carbocycles. The van der Waals surface area contributed by atoms with Crippen molar-refractivity contribution in [2.45, 2.75) is 6.10 Å². The monoisotopic (exact) mass is 211 g/mol. The summed E-state index contributed by atoms with van der Waals surface area (Å²) in [6, 6.07) is 3.57. The first-order valence-corrected chi connectivity index (χ1v) is 4.61. The van der Waals surface area contributed by atoms with Gasteiger partial charge in [0.15, 0.2) is 5.65 Å². The minimum absolute atomic E-state index is 0.154. The van der Waals surface area contributed by atoms with Crippen molar-refractivity contribution in [1.82, 2.24) is 9.38 Å². The summed E-state index contributed by atoms with van der Waals surface area (Å²) < 4.78 is 1.76. The number of rotatable bonds is 2. The van der Waals surface area contributed by atoms with Crippen molar-refractivity contribution >= 4 is 17.2 Å². The molecule has 1 unspecified atom stereocenters. The fourth-order valence-corrected chi connectivity index (χ4v) is 1.49. The predicted octanol–water partition coefficient (Wildman–Crippen LogP) is 0.980. The van der Waals surface area contributed by atoms with Crippen molar-refractivity contribution in [2.24, 2.45) is 5.73 Å². The lowest BCUT2D eigenvalue weighted by molar-refractivity contribution is 0.182. The number of nitrogens with two attached hydrogens (primary N) is 1. The van der Waals surface area contributed by atoms with Crippen molar-refractivity contribution in [3.05, 3.63) is 35.2 Å². The van der Waals surface area contributed by atoms with Crippen molar-refractivity contribution in [2.75, 3.05) is 6.54 Å². The third-order valence-corrected chi connectivity index (χ3v) is 2.31. The highest BCUT2D eigenvalue weighted by molar-refractivity contribution is 6.33. The van der Waals surface area contributed by atoms with Crippen molar-refractivity contribution in [1.29, 1.82) is 0 Å². The SMILES string of the molecule is NCC(O)c1cn2cccc(Cl)c2n1. The molecule has 0 radical (unpaired) electrons. The zero-order valence-electron chi connectivity index (χ0n) is 7.39. The molecule has 3 N–H and O–H groups in total. The molecule has 0 aromatic carbocycles. The molecule has 0 spiro atoms. The first kappa shape index (κ1) is 9.45. The van der Waals surface area contributed by atoms with Gasteiger partial charge in [-0.2, -0.15) is 0 Å². The zero-order chi connectivity index (χ0) is 10.1. The van der Waals surface area contributed by atoms with Gasteiger partial charge in [0.05, 0.1) is 10.7 Å². The molecule has 0 aliphatic heterocycles. The molecule has 0 saturated heterocycles. The summed E-state index contributed by atoms with van der Waals surface area (Å²) >= 11 is 5.92. The van der Waals surface area contributed by atoms with Crippen molar-refractivity contribution < 1.29 is 5.11 Å². The number of hydrogen-bond donors (Lipinski definition) is 2. The van der Waals surface area contributed by atoms with E-state index >= 15 is 0 Å². The lowest BCUT2D eigenvalue weighted by Gasteiger charge is -2.00. The molecule has 2 aromatic heterocycles. The van der Waals surface area contributed by atoms with Gasteiger partial charge in [-0.25, -0.2) is 4.98 Å². The Morgan fingerprint density at radius 2 is 2.43 bits per heavy atom. The number of aliphatic hydroxyl groups is 1. The summed E-state index contributed by atoms with van der Waals surface area (Å²) in [7, 11) is 0. The Hall–Kier alpha value is -1.10. The Bertz CT molecular complexity index is 454. The maximum absolute atomic E-state index is 9.48. The smallest absolute Gasteiger partial charge is 0.155 e. The molecule has 2 rings (SSSR count). The van der Waals surface area contributed by atoms with E-state index in [1.165, 1.54) is 0 Å². The first-order valence-electron chi connectivity index (χ1n) is 4.23. The first-order chi connectivity index (χ1) is 6.72. The summed E-state index contributed by atoms with van der Waals surface area (Å²) in [6.45, 7) is 0.154. The summed E-state index contributed by atoms with van der Waals surface area (Å²) in [5, 5.41) is 10.0. The molecular weight excluding hydrogens is 202 g/mol. The van der Waals surface area contributed by atoms with Gasteiger partial charge in [0.1, 0.15) is 6.10 Å². The van der Waals surface area contributed by atoms with Crippen LogP contribution in [-0.4, -0.2) is 21.0 Å². The van der Waals surface area contributed by atoms with E-state index in [4.69, 9.17) is 17.3 Å². The number of pyridine rings is 1. The van der Waals surface area contributed by atoms with Crippen LogP contribution >= 0.6 is 11.6 Å². The van der Waals surface area contributed by atoms with Crippen LogP contribution in [0.5, 0.6) is 0 Å². The van der Waals surface area contributed by atoms with Crippen molar-refractivity contribution in [3.63, 3.8) is 0 Å². The average Bonchev–Trinajstić information content (AvgIpc) is 2.62. The van der Waals surface area contributed by atoms with E-state index in [1.54, 1.807) is 16.7 Å². The van der Waals surface area contributed by atoms with Gasteiger partial charge in [-0.05, 0) is 12.1 Å². The van der Waals surface area contributed by atoms with Crippen LogP contribution in [0.25, 0.3) is 5.65 Å². The van der Waals surface area contributed by atoms with Crippen LogP contribution in [0.15, 0.2) is 24.5 Å². The number of hydrogen-bond acceptors (Lipinski definition) is 3. The van der Waals surface area contributed by atoms with E-state index in [0.29, 0.717) is 16.4 Å². The van der Waals surface area contributed by atoms with Crippen LogP contribution in [0.1, 0.15) is 11.8 Å². The molecule has 14 heavy (non-hydrogen) atoms. The molecule has 74 valence electrons. The van der Waals surface area contributed by atoms with Crippen molar-refractivity contribution in [3.8, 4) is 0 Å². The predicted molar refractivity (Wildman–Crippen MR) is 54.2 cm³/mol. The second kappa shape index (κ2) is 3.57. The molecule has 0 amide bonds. The lowest BCUT2D eigenvalue weighted by Crippen LogP contribution is -2.11. The maximum atomic E-state index is 9.48. The Morgan fingerprint density at radius 1 is 1.64 bits per heavy atom. The molecule has 0 aliphatic rings. The highest BCUT2D eigenvalue weighted by Crippen LogP contribution is 2.18. The van der Waals surface area contributed by atoms with E-state index in [1.807, 2.05) is 12.3 Å². The van der Waals surface area contributed by atoms with Gasteiger partial charge < -0.3 is 15.2 Å². The van der Waals surface area contributed by atoms with Gasteiger partial charge in [0, 0.05) is 18.9 Å². The normalized spacial score (nSPS) is 13.4. The van der Waals surface area contributed by atoms with Crippen LogP contribution in [0.4, 0.5) is 0 Å². The molecule has 4 nitrogen and oxygen atoms in total. The van der Waals surface area contributed by atoms with Gasteiger partial charge in [0.25, 0.3) is 0 Å². The standard InChI is InChI=1S/C9H10ClN3O/c10-6-2-1-3-13-5-7(8(14)4-11)12-9(6)13/h1-3,5,8,14H,4,11H2. The summed E-state index contributed by atoms with van der Waals surface area (Å²) in [6.07, 6.45) is 2.81. The third kappa shape index (κ3) is 1.48. The zero-order valence-corrected chi connectivity index (χ0v) is 8.15. The Balaban J connectivity index is 2.56. The van der Waals surface area contributed by atoms with Crippen LogP contribution in [-0.2, 0) is 0 Å². The van der Waals surface area contributed by atoms with E-state index in [2.05, 4.69) is 4.98 Å². The number of aliphatic hydroxyl groups excluding tert-OH is 1. The largest absolute Gasteiger partial charge is 0.385 e. The molecule has 5 heteroatoms. The number of nitrogens with zero attached hydrogens (tertiary/aromatic N) is 2. The molecule has 0 saturated carbocycles. The van der Waals surface area contributed by atoms with Gasteiger partial charge in [-0.3, -0.25) is 0 Å². The second-order valence-corrected chi connectivity index (χ2v) is 3.41. The Kier molecular flexibility index (Phi) is 2.41. The summed E-state index contributed by atoms with van der Waals surface area (Å²) in [4.78, 5) is 4.18. The summed E-state index contributed by atoms with van der Waals surface area (Å²) in [5.74, 6) is 0. The number of halogens is 1. The molecule has 2 heterocycles. The average molecular weight is 212 g/mol. The Morgan fingerprint density at radius 3 is 3.07 bits per heavy atom. The highest BCUT2D eigenvalue weighted by atomic mass is 35.5. The Labute approximate surface area is 85.9 Å². The molecule has 2 aromatic rings. The van der Waals surface area contributed by atoms with Gasteiger partial charge in [-0.1, -0.05) is 11.6 Å². The van der Waals surface area contributed by atoms with Gasteiger partial charge in [0.2, 0.25) is 0 Å². The number of fused-ring (bicyclic) bond motifs is 1. The fourth-order valence-electron chi connectivity index (χ4n) is 1.28. The van der Waals surface area contributed by atoms with Gasteiger partial charge >= 0.3 is 0 Å². The second-order valence-electron chi connectivity index (χ2n) is 3.00. The molecular formula is C9H10ClN3O. The third-order valence-electron chi connectivity index (χ3n) is 2.02. The van der Waals surface area contributed by atoms with Crippen LogP contribution in [0, 0.1) is 0 Å². The lowest BCUT2D eigenvalue weighted by atomic mass is 10.3. The molecule has 0 bridgehead atoms.